The highest BCUT2D eigenvalue weighted by Crippen LogP contribution is 2.57. The average molecular weight is 448 g/mol. The summed E-state index contributed by atoms with van der Waals surface area (Å²) in [6.07, 6.45) is 8.74. The molecule has 3 nitrogen and oxygen atoms in total. The Kier molecular flexibility index (Phi) is 5.00. The Morgan fingerprint density at radius 3 is 2.82 bits per heavy atom. The minimum absolute atomic E-state index is 0.0341. The highest BCUT2D eigenvalue weighted by atomic mass is 79.9. The van der Waals surface area contributed by atoms with E-state index in [0.717, 1.165) is 29.9 Å². The van der Waals surface area contributed by atoms with Crippen LogP contribution in [0.3, 0.4) is 0 Å². The lowest BCUT2D eigenvalue weighted by Crippen LogP contribution is -2.36. The predicted molar refractivity (Wildman–Crippen MR) is 95.5 cm³/mol. The van der Waals surface area contributed by atoms with Gasteiger partial charge in [0.1, 0.15) is 5.76 Å². The van der Waals surface area contributed by atoms with E-state index < -0.39 is 0 Å². The second-order valence-corrected chi connectivity index (χ2v) is 8.08. The number of ether oxygens (including phenoxy) is 1. The van der Waals surface area contributed by atoms with E-state index in [1.807, 2.05) is 12.2 Å². The molecule has 2 atom stereocenters. The zero-order valence-electron chi connectivity index (χ0n) is 11.9. The molecule has 2 heterocycles. The lowest BCUT2D eigenvalue weighted by Gasteiger charge is -2.36. The van der Waals surface area contributed by atoms with Gasteiger partial charge in [0, 0.05) is 10.8 Å². The molecule has 0 radical (unpaired) electrons. The largest absolute Gasteiger partial charge is 0.496 e. The lowest BCUT2D eigenvalue weighted by atomic mass is 9.80. The molecule has 1 saturated heterocycles. The van der Waals surface area contributed by atoms with Crippen molar-refractivity contribution in [1.82, 2.24) is 0 Å². The number of hydrogen-bond acceptors (Lipinski definition) is 4. The summed E-state index contributed by atoms with van der Waals surface area (Å²) in [4.78, 5) is 25.2. The molecule has 0 aromatic heterocycles. The molecule has 0 bridgehead atoms. The van der Waals surface area contributed by atoms with Crippen molar-refractivity contribution in [3.8, 4) is 0 Å². The van der Waals surface area contributed by atoms with E-state index in [4.69, 9.17) is 4.74 Å². The van der Waals surface area contributed by atoms with Crippen molar-refractivity contribution >= 4 is 55.2 Å². The second-order valence-electron chi connectivity index (χ2n) is 5.58. The van der Waals surface area contributed by atoms with Crippen LogP contribution in [-0.4, -0.2) is 33.6 Å². The molecule has 0 N–H and O–H groups in total. The lowest BCUT2D eigenvalue weighted by molar-refractivity contribution is -0.113. The van der Waals surface area contributed by atoms with Crippen LogP contribution in [0.2, 0.25) is 0 Å². The maximum absolute atomic E-state index is 12.3. The first-order valence-corrected chi connectivity index (χ1v) is 10.3. The van der Waals surface area contributed by atoms with Crippen LogP contribution in [0.15, 0.2) is 34.5 Å². The van der Waals surface area contributed by atoms with E-state index in [1.54, 1.807) is 11.8 Å². The number of ketones is 2. The van der Waals surface area contributed by atoms with Crippen molar-refractivity contribution in [2.45, 2.75) is 24.0 Å². The molecule has 3 rings (SSSR count). The Bertz CT molecular complexity index is 609. The maximum Gasteiger partial charge on any atom is 0.179 e. The summed E-state index contributed by atoms with van der Waals surface area (Å²) in [6.45, 7) is 0.636. The molecule has 22 heavy (non-hydrogen) atoms. The Morgan fingerprint density at radius 2 is 2.09 bits per heavy atom. The van der Waals surface area contributed by atoms with Crippen molar-refractivity contribution in [3.63, 3.8) is 0 Å². The number of thioether (sulfide) groups is 1. The van der Waals surface area contributed by atoms with Gasteiger partial charge in [0.05, 0.1) is 27.6 Å². The number of Topliss-reactive ketones (excluding diaryl/α,β-unsaturated/α-hetero) is 2. The summed E-state index contributed by atoms with van der Waals surface area (Å²) < 4.78 is 5.70. The van der Waals surface area contributed by atoms with E-state index in [-0.39, 0.29) is 27.6 Å². The van der Waals surface area contributed by atoms with Crippen LogP contribution in [0.25, 0.3) is 0 Å². The first-order valence-electron chi connectivity index (χ1n) is 7.25. The standard InChI is InChI=1S/C16H16Br2O3S/c17-8-12(19)11-4-1-5-16-10(3-2-6-21-15(11)16)7-14(22-16)13(20)9-18/h1,4,7,10H,2-3,5-6,8-9H2. The predicted octanol–water partition coefficient (Wildman–Crippen LogP) is 3.92. The Labute approximate surface area is 150 Å². The monoisotopic (exact) mass is 446 g/mol. The smallest absolute Gasteiger partial charge is 0.179 e. The zero-order chi connectivity index (χ0) is 15.7. The molecule has 0 amide bonds. The molecule has 6 heteroatoms. The number of alkyl halides is 2. The van der Waals surface area contributed by atoms with Crippen molar-refractivity contribution in [1.29, 1.82) is 0 Å². The van der Waals surface area contributed by atoms with Gasteiger partial charge < -0.3 is 4.74 Å². The Hall–Kier alpha value is -0.330. The molecular formula is C16H16Br2O3S. The molecule has 2 aliphatic heterocycles. The summed E-state index contributed by atoms with van der Waals surface area (Å²) >= 11 is 8.08. The third-order valence-electron chi connectivity index (χ3n) is 4.30. The molecule has 2 unspecified atom stereocenters. The topological polar surface area (TPSA) is 43.4 Å². The maximum atomic E-state index is 12.3. The van der Waals surface area contributed by atoms with Gasteiger partial charge in [-0.3, -0.25) is 9.59 Å². The molecular weight excluding hydrogens is 432 g/mol. The number of hydrogen-bond donors (Lipinski definition) is 0. The average Bonchev–Trinajstić information content (AvgIpc) is 2.80. The zero-order valence-corrected chi connectivity index (χ0v) is 15.9. The van der Waals surface area contributed by atoms with Gasteiger partial charge in [-0.25, -0.2) is 0 Å². The van der Waals surface area contributed by atoms with E-state index >= 15 is 0 Å². The molecule has 1 spiro atoms. The summed E-state index contributed by atoms with van der Waals surface area (Å²) in [5.41, 5.74) is 0.656. The minimum Gasteiger partial charge on any atom is -0.496 e. The van der Waals surface area contributed by atoms with Gasteiger partial charge in [-0.1, -0.05) is 50.1 Å². The van der Waals surface area contributed by atoms with Crippen LogP contribution in [0.1, 0.15) is 19.3 Å². The SMILES string of the molecule is O=C(CBr)C1=CC2CCCOC3=C(C(=O)CBr)C=CCC32S1. The van der Waals surface area contributed by atoms with Gasteiger partial charge in [0.15, 0.2) is 11.6 Å². The highest BCUT2D eigenvalue weighted by molar-refractivity contribution is 9.09. The number of carbonyl (C=O) groups excluding carboxylic acids is 2. The summed E-state index contributed by atoms with van der Waals surface area (Å²) in [7, 11) is 0. The molecule has 3 aliphatic rings. The van der Waals surface area contributed by atoms with Gasteiger partial charge in [0.2, 0.25) is 0 Å². The van der Waals surface area contributed by atoms with Gasteiger partial charge in [-0.2, -0.15) is 0 Å². The highest BCUT2D eigenvalue weighted by Gasteiger charge is 2.51. The van der Waals surface area contributed by atoms with Crippen LogP contribution >= 0.6 is 43.6 Å². The molecule has 0 saturated carbocycles. The number of allylic oxidation sites excluding steroid dienone is 5. The van der Waals surface area contributed by atoms with Gasteiger partial charge in [-0.15, -0.1) is 11.8 Å². The number of carbonyl (C=O) groups is 2. The van der Waals surface area contributed by atoms with Crippen molar-refractivity contribution in [2.24, 2.45) is 5.92 Å². The minimum atomic E-state index is -0.314. The summed E-state index contributed by atoms with van der Waals surface area (Å²) in [5.74, 6) is 1.17. The van der Waals surface area contributed by atoms with E-state index in [2.05, 4.69) is 37.9 Å². The van der Waals surface area contributed by atoms with Crippen LogP contribution < -0.4 is 0 Å². The van der Waals surface area contributed by atoms with Crippen molar-refractivity contribution < 1.29 is 14.3 Å². The fourth-order valence-corrected chi connectivity index (χ4v) is 5.66. The second kappa shape index (κ2) is 6.65. The summed E-state index contributed by atoms with van der Waals surface area (Å²) in [6, 6.07) is 0. The molecule has 0 aromatic rings. The normalized spacial score (nSPS) is 30.1. The van der Waals surface area contributed by atoms with Gasteiger partial charge >= 0.3 is 0 Å². The van der Waals surface area contributed by atoms with Crippen molar-refractivity contribution in [3.05, 3.63) is 34.5 Å². The van der Waals surface area contributed by atoms with Crippen molar-refractivity contribution in [2.75, 3.05) is 17.3 Å². The van der Waals surface area contributed by atoms with E-state index in [9.17, 15) is 9.59 Å². The molecule has 1 aliphatic carbocycles. The van der Waals surface area contributed by atoms with Gasteiger partial charge in [0.25, 0.3) is 0 Å². The summed E-state index contributed by atoms with van der Waals surface area (Å²) in [5, 5.41) is 0.614. The van der Waals surface area contributed by atoms with Crippen LogP contribution in [0.5, 0.6) is 0 Å². The van der Waals surface area contributed by atoms with E-state index in [0.29, 0.717) is 17.5 Å². The van der Waals surface area contributed by atoms with Crippen LogP contribution in [-0.2, 0) is 14.3 Å². The quantitative estimate of drug-likeness (QED) is 0.612. The van der Waals surface area contributed by atoms with Gasteiger partial charge in [-0.05, 0) is 19.3 Å². The number of rotatable bonds is 4. The fourth-order valence-electron chi connectivity index (χ4n) is 3.28. The van der Waals surface area contributed by atoms with Crippen LogP contribution in [0, 0.1) is 5.92 Å². The third-order valence-corrected chi connectivity index (χ3v) is 6.92. The molecule has 118 valence electrons. The first kappa shape index (κ1) is 16.5. The van der Waals surface area contributed by atoms with E-state index in [1.165, 1.54) is 0 Å². The fraction of sp³-hybridized carbons (Fsp3) is 0.500. The molecule has 0 aromatic carbocycles. The first-order chi connectivity index (χ1) is 10.6. The molecule has 1 fully saturated rings. The Balaban J connectivity index is 2.06. The number of halogens is 2. The Morgan fingerprint density at radius 1 is 1.32 bits per heavy atom. The third kappa shape index (κ3) is 2.67. The van der Waals surface area contributed by atoms with Crippen LogP contribution in [0.4, 0.5) is 0 Å².